The molecule has 1 unspecified atom stereocenters. The lowest BCUT2D eigenvalue weighted by atomic mass is 9.83. The van der Waals surface area contributed by atoms with Crippen LogP contribution in [0, 0.1) is 11.8 Å². The molecule has 4 aromatic heterocycles. The highest BCUT2D eigenvalue weighted by Gasteiger charge is 2.32. The minimum absolute atomic E-state index is 0.0116. The van der Waals surface area contributed by atoms with Gasteiger partial charge in [-0.25, -0.2) is 14.8 Å². The van der Waals surface area contributed by atoms with Crippen molar-refractivity contribution in [1.82, 2.24) is 29.7 Å². The van der Waals surface area contributed by atoms with Gasteiger partial charge in [0.15, 0.2) is 0 Å². The quantitative estimate of drug-likeness (QED) is 0.262. The summed E-state index contributed by atoms with van der Waals surface area (Å²) in [5, 5.41) is 4.41. The fraction of sp³-hybridized carbons (Fsp3) is 0.387. The van der Waals surface area contributed by atoms with Crippen molar-refractivity contribution in [3.63, 3.8) is 0 Å². The number of hydrogen-bond acceptors (Lipinski definition) is 8. The third-order valence-corrected chi connectivity index (χ3v) is 8.72. The van der Waals surface area contributed by atoms with Crippen molar-refractivity contribution in [3.05, 3.63) is 76.0 Å². The Morgan fingerprint density at radius 2 is 1.90 bits per heavy atom. The molecule has 1 N–H and O–H groups in total. The summed E-state index contributed by atoms with van der Waals surface area (Å²) >= 11 is 6.42. The Kier molecular flexibility index (Phi) is 7.25. The van der Waals surface area contributed by atoms with Crippen LogP contribution >= 0.6 is 11.6 Å². The van der Waals surface area contributed by atoms with Gasteiger partial charge >= 0.3 is 5.76 Å². The lowest BCUT2D eigenvalue weighted by Gasteiger charge is -2.37. The van der Waals surface area contributed by atoms with Crippen LogP contribution < -0.4 is 10.7 Å². The molecule has 7 rings (SSSR count). The average molecular weight is 586 g/mol. The fourth-order valence-electron chi connectivity index (χ4n) is 6.30. The molecule has 5 heterocycles. The molecule has 5 aromatic rings. The van der Waals surface area contributed by atoms with E-state index in [-0.39, 0.29) is 11.9 Å². The maximum absolute atomic E-state index is 11.8. The van der Waals surface area contributed by atoms with E-state index in [1.54, 1.807) is 12.4 Å². The number of nitrogens with zero attached hydrogens (tertiary/aromatic N) is 6. The second-order valence-corrected chi connectivity index (χ2v) is 11.8. The largest absolute Gasteiger partial charge is 0.439 e. The minimum atomic E-state index is -0.644. The Balaban J connectivity index is 1.45. The number of hydrogen-bond donors (Lipinski definition) is 1. The molecule has 0 spiro atoms. The number of fused-ring (bicyclic) bond motifs is 1. The van der Waals surface area contributed by atoms with Crippen molar-refractivity contribution >= 4 is 28.6 Å². The van der Waals surface area contributed by atoms with Gasteiger partial charge in [0.05, 0.1) is 41.0 Å². The maximum atomic E-state index is 11.8. The summed E-state index contributed by atoms with van der Waals surface area (Å²) in [5.41, 5.74) is 4.71. The monoisotopic (exact) mass is 585 g/mol. The zero-order valence-electron chi connectivity index (χ0n) is 23.4. The molecule has 1 saturated heterocycles. The fourth-order valence-corrected chi connectivity index (χ4v) is 6.48. The Labute approximate surface area is 247 Å². The van der Waals surface area contributed by atoms with Crippen LogP contribution in [0.2, 0.25) is 5.02 Å². The lowest BCUT2D eigenvalue weighted by molar-refractivity contribution is 0.0927. The molecular formula is C31H32ClN7O3. The van der Waals surface area contributed by atoms with E-state index in [0.717, 1.165) is 35.0 Å². The van der Waals surface area contributed by atoms with Gasteiger partial charge in [-0.1, -0.05) is 66.9 Å². The van der Waals surface area contributed by atoms with Gasteiger partial charge in [0.25, 0.3) is 0 Å². The predicted molar refractivity (Wildman–Crippen MR) is 160 cm³/mol. The van der Waals surface area contributed by atoms with Crippen LogP contribution in [0.25, 0.3) is 33.8 Å². The van der Waals surface area contributed by atoms with Crippen LogP contribution in [-0.2, 0) is 11.3 Å². The van der Waals surface area contributed by atoms with Crippen molar-refractivity contribution in [2.24, 2.45) is 11.8 Å². The van der Waals surface area contributed by atoms with Gasteiger partial charge in [0, 0.05) is 31.0 Å². The number of aromatic amines is 1. The Morgan fingerprint density at radius 1 is 1.07 bits per heavy atom. The van der Waals surface area contributed by atoms with Gasteiger partial charge in [-0.3, -0.25) is 14.5 Å². The van der Waals surface area contributed by atoms with Crippen molar-refractivity contribution in [1.29, 1.82) is 0 Å². The molecule has 10 nitrogen and oxygen atoms in total. The van der Waals surface area contributed by atoms with E-state index in [2.05, 4.69) is 55.8 Å². The van der Waals surface area contributed by atoms with Gasteiger partial charge in [-0.05, 0) is 42.4 Å². The highest BCUT2D eigenvalue weighted by Crippen LogP contribution is 2.39. The van der Waals surface area contributed by atoms with Gasteiger partial charge < -0.3 is 14.2 Å². The SMILES string of the molecule is CC1CCC(Cn2c(N3CCOCC3c3ccccc3)nc3cc(-c4noc(=O)[nH]4)nc(-c4cncc(Cl)c4)c32)CC1. The molecule has 0 radical (unpaired) electrons. The number of ether oxygens (including phenoxy) is 1. The Morgan fingerprint density at radius 3 is 2.67 bits per heavy atom. The molecule has 2 fully saturated rings. The standard InChI is InChI=1S/C31H32ClN7O3/c1-19-7-9-20(10-8-19)17-39-28-24(35-30(39)38-11-12-41-18-26(38)21-5-3-2-4-6-21)14-25(29-36-31(40)42-37-29)34-27(28)22-13-23(32)16-33-15-22/h2-6,13-16,19-20,26H,7-12,17-18H2,1H3,(H,36,37,40). The molecule has 0 amide bonds. The van der Waals surface area contributed by atoms with Crippen LogP contribution in [0.5, 0.6) is 0 Å². The van der Waals surface area contributed by atoms with Crippen LogP contribution in [0.15, 0.2) is 64.2 Å². The van der Waals surface area contributed by atoms with Crippen LogP contribution in [0.1, 0.15) is 44.2 Å². The number of benzene rings is 1. The third kappa shape index (κ3) is 5.20. The summed E-state index contributed by atoms with van der Waals surface area (Å²) in [7, 11) is 0. The normalized spacial score (nSPS) is 21.2. The maximum Gasteiger partial charge on any atom is 0.439 e. The van der Waals surface area contributed by atoms with E-state index in [1.165, 1.54) is 31.2 Å². The molecule has 2 aliphatic rings. The molecule has 0 bridgehead atoms. The van der Waals surface area contributed by atoms with Gasteiger partial charge in [0.1, 0.15) is 5.69 Å². The second kappa shape index (κ2) is 11.3. The molecule has 1 aliphatic heterocycles. The number of H-pyrrole nitrogens is 1. The number of pyridine rings is 2. The summed E-state index contributed by atoms with van der Waals surface area (Å²) < 4.78 is 13.1. The second-order valence-electron chi connectivity index (χ2n) is 11.4. The zero-order valence-corrected chi connectivity index (χ0v) is 24.1. The van der Waals surface area contributed by atoms with E-state index in [1.807, 2.05) is 18.2 Å². The summed E-state index contributed by atoms with van der Waals surface area (Å²) in [4.78, 5) is 31.5. The first kappa shape index (κ1) is 26.9. The lowest BCUT2D eigenvalue weighted by Crippen LogP contribution is -2.41. The molecule has 1 aromatic carbocycles. The number of anilines is 1. The highest BCUT2D eigenvalue weighted by atomic mass is 35.5. The van der Waals surface area contributed by atoms with Crippen molar-refractivity contribution in [2.75, 3.05) is 24.7 Å². The van der Waals surface area contributed by atoms with E-state index in [0.29, 0.717) is 42.1 Å². The van der Waals surface area contributed by atoms with Crippen LogP contribution in [-0.4, -0.2) is 49.4 Å². The summed E-state index contributed by atoms with van der Waals surface area (Å²) in [6.45, 7) is 5.05. The minimum Gasteiger partial charge on any atom is -0.377 e. The van der Waals surface area contributed by atoms with Gasteiger partial charge in [-0.2, -0.15) is 0 Å². The molecule has 42 heavy (non-hydrogen) atoms. The van der Waals surface area contributed by atoms with E-state index >= 15 is 0 Å². The summed E-state index contributed by atoms with van der Waals surface area (Å²) in [6.07, 6.45) is 8.15. The number of nitrogens with one attached hydrogen (secondary N) is 1. The topological polar surface area (TPSA) is 115 Å². The number of rotatable bonds is 6. The first-order valence-corrected chi connectivity index (χ1v) is 14.9. The van der Waals surface area contributed by atoms with Crippen molar-refractivity contribution < 1.29 is 9.26 Å². The highest BCUT2D eigenvalue weighted by molar-refractivity contribution is 6.30. The van der Waals surface area contributed by atoms with Crippen LogP contribution in [0.4, 0.5) is 5.95 Å². The number of halogens is 1. The molecule has 1 saturated carbocycles. The van der Waals surface area contributed by atoms with E-state index in [9.17, 15) is 4.79 Å². The summed E-state index contributed by atoms with van der Waals surface area (Å²) in [5.74, 6) is 1.75. The van der Waals surface area contributed by atoms with Gasteiger partial charge in [0.2, 0.25) is 11.8 Å². The van der Waals surface area contributed by atoms with E-state index < -0.39 is 5.76 Å². The van der Waals surface area contributed by atoms with Crippen molar-refractivity contribution in [3.8, 4) is 22.8 Å². The van der Waals surface area contributed by atoms with Crippen molar-refractivity contribution in [2.45, 2.75) is 45.2 Å². The smallest absolute Gasteiger partial charge is 0.377 e. The average Bonchev–Trinajstić information content (AvgIpc) is 3.62. The first-order valence-electron chi connectivity index (χ1n) is 14.5. The molecule has 11 heteroatoms. The summed E-state index contributed by atoms with van der Waals surface area (Å²) in [6, 6.07) is 14.2. The predicted octanol–water partition coefficient (Wildman–Crippen LogP) is 5.89. The van der Waals surface area contributed by atoms with E-state index in [4.69, 9.17) is 30.8 Å². The molecule has 1 aliphatic carbocycles. The Bertz CT molecular complexity index is 1760. The zero-order chi connectivity index (χ0) is 28.6. The van der Waals surface area contributed by atoms with Crippen LogP contribution in [0.3, 0.4) is 0 Å². The molecule has 216 valence electrons. The Hall–Kier alpha value is -4.02. The number of aromatic nitrogens is 6. The first-order chi connectivity index (χ1) is 20.5. The molecular weight excluding hydrogens is 554 g/mol. The van der Waals surface area contributed by atoms with Gasteiger partial charge in [-0.15, -0.1) is 0 Å². The molecule has 1 atom stereocenters. The third-order valence-electron chi connectivity index (χ3n) is 8.51. The number of morpholine rings is 1. The number of imidazole rings is 1.